The summed E-state index contributed by atoms with van der Waals surface area (Å²) in [5.74, 6) is 0. The lowest BCUT2D eigenvalue weighted by Gasteiger charge is -2.35. The van der Waals surface area contributed by atoms with Crippen molar-refractivity contribution in [3.8, 4) is 0 Å². The highest BCUT2D eigenvalue weighted by Crippen LogP contribution is 2.31. The van der Waals surface area contributed by atoms with Gasteiger partial charge in [0, 0.05) is 19.8 Å². The zero-order valence-electron chi connectivity index (χ0n) is 18.7. The number of hydrogen-bond donors (Lipinski definition) is 0. The van der Waals surface area contributed by atoms with E-state index >= 15 is 0 Å². The van der Waals surface area contributed by atoms with E-state index in [0.29, 0.717) is 17.6 Å². The monoisotopic (exact) mass is 441 g/mol. The third-order valence-corrected chi connectivity index (χ3v) is 6.44. The third kappa shape index (κ3) is 4.24. The molecule has 4 aromatic rings. The van der Waals surface area contributed by atoms with Gasteiger partial charge in [-0.2, -0.15) is 0 Å². The van der Waals surface area contributed by atoms with Gasteiger partial charge in [-0.1, -0.05) is 42.8 Å². The number of pyridine rings is 2. The van der Waals surface area contributed by atoms with Gasteiger partial charge in [0.1, 0.15) is 5.65 Å². The van der Waals surface area contributed by atoms with Crippen LogP contribution in [-0.4, -0.2) is 30.5 Å². The van der Waals surface area contributed by atoms with Gasteiger partial charge in [-0.05, 0) is 49.2 Å². The average molecular weight is 442 g/mol. The lowest BCUT2D eigenvalue weighted by molar-refractivity contribution is 0.136. The molecule has 0 N–H and O–H groups in total. The molecule has 7 heteroatoms. The van der Waals surface area contributed by atoms with E-state index in [1.165, 1.54) is 11.6 Å². The molecule has 0 aliphatic carbocycles. The minimum Gasteiger partial charge on any atom is -0.289 e. The van der Waals surface area contributed by atoms with Crippen LogP contribution in [0.4, 0.5) is 0 Å². The molecule has 1 atom stereocenters. The maximum absolute atomic E-state index is 13.1. The van der Waals surface area contributed by atoms with Gasteiger partial charge in [0.05, 0.1) is 29.4 Å². The molecule has 1 aromatic carbocycles. The Labute approximate surface area is 192 Å². The first-order valence-electron chi connectivity index (χ1n) is 11.4. The number of hydrogen-bond acceptors (Lipinski definition) is 5. The number of fused-ring (bicyclic) bond motifs is 1. The van der Waals surface area contributed by atoms with Crippen LogP contribution in [0.3, 0.4) is 0 Å². The van der Waals surface area contributed by atoms with Gasteiger partial charge in [-0.15, -0.1) is 0 Å². The van der Waals surface area contributed by atoms with E-state index in [1.54, 1.807) is 4.57 Å². The Morgan fingerprint density at radius 3 is 2.55 bits per heavy atom. The van der Waals surface area contributed by atoms with Crippen LogP contribution in [-0.2, 0) is 20.1 Å². The molecule has 0 radical (unpaired) electrons. The van der Waals surface area contributed by atoms with Crippen LogP contribution in [0.5, 0.6) is 0 Å². The van der Waals surface area contributed by atoms with Crippen molar-refractivity contribution in [3.63, 3.8) is 0 Å². The van der Waals surface area contributed by atoms with Crippen LogP contribution in [0.15, 0.2) is 76.4 Å². The molecular weight excluding hydrogens is 414 g/mol. The Bertz CT molecular complexity index is 1380. The van der Waals surface area contributed by atoms with Crippen molar-refractivity contribution in [1.82, 2.24) is 24.0 Å². The molecular formula is C26H27N5O2. The summed E-state index contributed by atoms with van der Waals surface area (Å²) in [4.78, 5) is 37.7. The quantitative estimate of drug-likeness (QED) is 0.475. The highest BCUT2D eigenvalue weighted by Gasteiger charge is 2.26. The van der Waals surface area contributed by atoms with Crippen LogP contribution < -0.4 is 11.2 Å². The van der Waals surface area contributed by atoms with Crippen LogP contribution in [0.1, 0.15) is 42.3 Å². The van der Waals surface area contributed by atoms with Crippen LogP contribution in [0, 0.1) is 0 Å². The average Bonchev–Trinajstić information content (AvgIpc) is 2.86. The zero-order chi connectivity index (χ0) is 22.8. The van der Waals surface area contributed by atoms with E-state index in [2.05, 4.69) is 9.88 Å². The first-order chi connectivity index (χ1) is 16.1. The minimum absolute atomic E-state index is 0.120. The number of aromatic nitrogens is 4. The molecule has 0 saturated carbocycles. The molecule has 0 unspecified atom stereocenters. The summed E-state index contributed by atoms with van der Waals surface area (Å²) in [5, 5.41) is 0.462. The van der Waals surface area contributed by atoms with Crippen molar-refractivity contribution in [2.75, 3.05) is 6.54 Å². The smallest absolute Gasteiger partial charge is 0.289 e. The summed E-state index contributed by atoms with van der Waals surface area (Å²) in [6, 6.07) is 19.7. The molecule has 7 nitrogen and oxygen atoms in total. The SMILES string of the molecule is Cn1c(=O)c2ccc([C@@H]3CCCCN3Cc3ccccn3)nc2n(Cc2ccccc2)c1=O. The molecule has 0 spiro atoms. The number of rotatable bonds is 5. The predicted molar refractivity (Wildman–Crippen MR) is 128 cm³/mol. The Morgan fingerprint density at radius 1 is 0.939 bits per heavy atom. The van der Waals surface area contributed by atoms with Gasteiger partial charge in [0.25, 0.3) is 5.56 Å². The van der Waals surface area contributed by atoms with Gasteiger partial charge >= 0.3 is 5.69 Å². The molecule has 33 heavy (non-hydrogen) atoms. The molecule has 1 aliphatic rings. The van der Waals surface area contributed by atoms with Crippen LogP contribution in [0.25, 0.3) is 11.0 Å². The van der Waals surface area contributed by atoms with E-state index in [4.69, 9.17) is 4.98 Å². The summed E-state index contributed by atoms with van der Waals surface area (Å²) < 4.78 is 2.78. The van der Waals surface area contributed by atoms with Crippen molar-refractivity contribution in [2.24, 2.45) is 7.05 Å². The van der Waals surface area contributed by atoms with E-state index in [-0.39, 0.29) is 17.3 Å². The van der Waals surface area contributed by atoms with Crippen molar-refractivity contribution >= 4 is 11.0 Å². The summed E-state index contributed by atoms with van der Waals surface area (Å²) >= 11 is 0. The highest BCUT2D eigenvalue weighted by molar-refractivity contribution is 5.74. The van der Waals surface area contributed by atoms with E-state index in [0.717, 1.165) is 49.3 Å². The van der Waals surface area contributed by atoms with E-state index < -0.39 is 0 Å². The molecule has 3 aromatic heterocycles. The Kier molecular flexibility index (Phi) is 5.88. The Balaban J connectivity index is 1.59. The fourth-order valence-electron chi connectivity index (χ4n) is 4.68. The molecule has 1 aliphatic heterocycles. The second kappa shape index (κ2) is 9.11. The van der Waals surface area contributed by atoms with Crippen molar-refractivity contribution < 1.29 is 0 Å². The second-order valence-corrected chi connectivity index (χ2v) is 8.63. The fraction of sp³-hybridized carbons (Fsp3) is 0.308. The second-order valence-electron chi connectivity index (χ2n) is 8.63. The van der Waals surface area contributed by atoms with E-state index in [9.17, 15) is 9.59 Å². The van der Waals surface area contributed by atoms with Gasteiger partial charge in [-0.25, -0.2) is 9.78 Å². The third-order valence-electron chi connectivity index (χ3n) is 6.44. The maximum Gasteiger partial charge on any atom is 0.332 e. The van der Waals surface area contributed by atoms with Gasteiger partial charge in [-0.3, -0.25) is 23.8 Å². The van der Waals surface area contributed by atoms with Gasteiger partial charge < -0.3 is 0 Å². The number of piperidine rings is 1. The van der Waals surface area contributed by atoms with Gasteiger partial charge in [0.2, 0.25) is 0 Å². The molecule has 4 heterocycles. The predicted octanol–water partition coefficient (Wildman–Crippen LogP) is 3.27. The standard InChI is InChI=1S/C26H27N5O2/c1-29-25(32)21-13-14-22(23-12-6-8-16-30(23)18-20-11-5-7-15-27-20)28-24(21)31(26(29)33)17-19-9-3-2-4-10-19/h2-5,7,9-11,13-15,23H,6,8,12,16-18H2,1H3/t23-/m0/s1. The Hall–Kier alpha value is -3.58. The van der Waals surface area contributed by atoms with Gasteiger partial charge in [0.15, 0.2) is 0 Å². The first kappa shape index (κ1) is 21.3. The normalized spacial score (nSPS) is 16.8. The summed E-state index contributed by atoms with van der Waals surface area (Å²) in [7, 11) is 1.52. The number of benzene rings is 1. The minimum atomic E-state index is -0.352. The van der Waals surface area contributed by atoms with Crippen molar-refractivity contribution in [1.29, 1.82) is 0 Å². The molecule has 0 amide bonds. The molecule has 1 fully saturated rings. The number of nitrogens with zero attached hydrogens (tertiary/aromatic N) is 5. The Morgan fingerprint density at radius 2 is 1.76 bits per heavy atom. The molecule has 0 bridgehead atoms. The highest BCUT2D eigenvalue weighted by atomic mass is 16.2. The van der Waals surface area contributed by atoms with Crippen LogP contribution >= 0.6 is 0 Å². The maximum atomic E-state index is 13.1. The van der Waals surface area contributed by atoms with E-state index in [1.807, 2.05) is 66.9 Å². The van der Waals surface area contributed by atoms with Crippen molar-refractivity contribution in [3.05, 3.63) is 105 Å². The molecule has 1 saturated heterocycles. The summed E-state index contributed by atoms with van der Waals surface area (Å²) in [5.41, 5.74) is 2.70. The van der Waals surface area contributed by atoms with Crippen LogP contribution in [0.2, 0.25) is 0 Å². The molecule has 5 rings (SSSR count). The first-order valence-corrected chi connectivity index (χ1v) is 11.4. The number of likely N-dealkylation sites (tertiary alicyclic amines) is 1. The fourth-order valence-corrected chi connectivity index (χ4v) is 4.68. The lowest BCUT2D eigenvalue weighted by Crippen LogP contribution is -2.39. The summed E-state index contributed by atoms with van der Waals surface area (Å²) in [6.07, 6.45) is 5.06. The summed E-state index contributed by atoms with van der Waals surface area (Å²) in [6.45, 7) is 2.08. The molecule has 168 valence electrons. The topological polar surface area (TPSA) is 73.0 Å². The van der Waals surface area contributed by atoms with Crippen molar-refractivity contribution in [2.45, 2.75) is 38.4 Å². The zero-order valence-corrected chi connectivity index (χ0v) is 18.7. The largest absolute Gasteiger partial charge is 0.332 e. The lowest BCUT2D eigenvalue weighted by atomic mass is 9.98.